The molecule has 0 atom stereocenters. The molecule has 0 unspecified atom stereocenters. The molecule has 2 aromatic heterocycles. The third-order valence-corrected chi connectivity index (χ3v) is 3.77. The van der Waals surface area contributed by atoms with E-state index in [-0.39, 0.29) is 6.29 Å². The summed E-state index contributed by atoms with van der Waals surface area (Å²) in [5.74, 6) is 0.655. The van der Waals surface area contributed by atoms with Crippen LogP contribution in [0.15, 0.2) is 10.6 Å². The topological polar surface area (TPSA) is 82.3 Å². The third-order valence-electron chi connectivity index (χ3n) is 2.75. The van der Waals surface area contributed by atoms with Gasteiger partial charge in [0.2, 0.25) is 5.89 Å². The summed E-state index contributed by atoms with van der Waals surface area (Å²) in [5.41, 5.74) is 0. The van der Waals surface area contributed by atoms with Gasteiger partial charge in [-0.3, -0.25) is 0 Å². The van der Waals surface area contributed by atoms with Crippen molar-refractivity contribution >= 4 is 17.4 Å². The van der Waals surface area contributed by atoms with Crippen LogP contribution in [-0.4, -0.2) is 28.4 Å². The Labute approximate surface area is 120 Å². The number of aromatic nitrogens is 3. The van der Waals surface area contributed by atoms with Gasteiger partial charge in [-0.15, -0.1) is 16.4 Å². The molecular formula is C12H16N4O3S. The lowest BCUT2D eigenvalue weighted by Crippen LogP contribution is -1.98. The van der Waals surface area contributed by atoms with Gasteiger partial charge in [0.05, 0.1) is 24.6 Å². The summed E-state index contributed by atoms with van der Waals surface area (Å²) < 4.78 is 16.3. The number of thiazole rings is 1. The van der Waals surface area contributed by atoms with E-state index in [1.54, 1.807) is 17.5 Å². The van der Waals surface area contributed by atoms with Crippen molar-refractivity contribution in [1.29, 1.82) is 0 Å². The summed E-state index contributed by atoms with van der Waals surface area (Å²) in [5, 5.41) is 11.9. The number of nitrogens with zero attached hydrogens (tertiary/aromatic N) is 3. The van der Waals surface area contributed by atoms with Crippen molar-refractivity contribution in [2.24, 2.45) is 0 Å². The second kappa shape index (κ2) is 6.29. The molecule has 0 spiro atoms. The Morgan fingerprint density at radius 3 is 3.00 bits per heavy atom. The van der Waals surface area contributed by atoms with Crippen LogP contribution in [0, 0.1) is 0 Å². The maximum atomic E-state index is 5.45. The molecule has 0 aliphatic carbocycles. The van der Waals surface area contributed by atoms with Crippen LogP contribution < -0.4 is 5.32 Å². The number of hydrogen-bond acceptors (Lipinski definition) is 8. The molecule has 0 amide bonds. The number of nitrogens with one attached hydrogen (secondary N) is 1. The van der Waals surface area contributed by atoms with E-state index in [2.05, 4.69) is 27.4 Å². The maximum Gasteiger partial charge on any atom is 0.315 e. The van der Waals surface area contributed by atoms with Crippen LogP contribution in [0.1, 0.15) is 35.4 Å². The van der Waals surface area contributed by atoms with E-state index in [0.29, 0.717) is 31.7 Å². The predicted octanol–water partition coefficient (Wildman–Crippen LogP) is 2.14. The molecule has 3 rings (SSSR count). The molecule has 1 N–H and O–H groups in total. The molecule has 2 aromatic rings. The highest BCUT2D eigenvalue weighted by Gasteiger charge is 2.20. The summed E-state index contributed by atoms with van der Waals surface area (Å²) in [6, 6.07) is 0.429. The Balaban J connectivity index is 1.54. The predicted molar refractivity (Wildman–Crippen MR) is 72.4 cm³/mol. The van der Waals surface area contributed by atoms with E-state index < -0.39 is 0 Å². The molecule has 0 aromatic carbocycles. The minimum absolute atomic E-state index is 0.263. The Kier molecular flexibility index (Phi) is 4.24. The molecule has 20 heavy (non-hydrogen) atoms. The van der Waals surface area contributed by atoms with Gasteiger partial charge in [-0.1, -0.05) is 12.0 Å². The molecule has 1 saturated heterocycles. The average Bonchev–Trinajstić information content (AvgIpc) is 3.18. The van der Waals surface area contributed by atoms with Gasteiger partial charge in [0.1, 0.15) is 5.01 Å². The van der Waals surface area contributed by atoms with Crippen LogP contribution in [0.25, 0.3) is 0 Å². The molecule has 7 nitrogen and oxygen atoms in total. The van der Waals surface area contributed by atoms with Crippen LogP contribution in [0.2, 0.25) is 0 Å². The fourth-order valence-electron chi connectivity index (χ4n) is 1.83. The molecule has 3 heterocycles. The van der Waals surface area contributed by atoms with Gasteiger partial charge in [-0.05, 0) is 6.42 Å². The number of hydrogen-bond donors (Lipinski definition) is 1. The first-order valence-corrected chi connectivity index (χ1v) is 7.41. The first-order chi connectivity index (χ1) is 9.85. The zero-order valence-electron chi connectivity index (χ0n) is 11.2. The summed E-state index contributed by atoms with van der Waals surface area (Å²) in [7, 11) is 0. The lowest BCUT2D eigenvalue weighted by atomic mass is 10.3. The molecule has 1 aliphatic heterocycles. The Morgan fingerprint density at radius 2 is 2.20 bits per heavy atom. The van der Waals surface area contributed by atoms with Crippen LogP contribution >= 0.6 is 11.3 Å². The minimum atomic E-state index is -0.263. The number of anilines is 1. The fourth-order valence-corrected chi connectivity index (χ4v) is 2.69. The highest BCUT2D eigenvalue weighted by atomic mass is 32.1. The van der Waals surface area contributed by atoms with Gasteiger partial charge < -0.3 is 19.2 Å². The standard InChI is InChI=1S/C12H16N4O3S/c1-2-3-9-15-16-12(19-9)14-7-10-13-6-8(20-10)11-17-4-5-18-11/h6,11H,2-5,7H2,1H3,(H,14,16). The molecule has 0 bridgehead atoms. The summed E-state index contributed by atoms with van der Waals surface area (Å²) >= 11 is 1.55. The van der Waals surface area contributed by atoms with E-state index in [9.17, 15) is 0 Å². The van der Waals surface area contributed by atoms with Gasteiger partial charge in [-0.25, -0.2) is 4.98 Å². The van der Waals surface area contributed by atoms with Gasteiger partial charge in [0.25, 0.3) is 0 Å². The van der Waals surface area contributed by atoms with E-state index >= 15 is 0 Å². The molecule has 0 radical (unpaired) electrons. The summed E-state index contributed by atoms with van der Waals surface area (Å²) in [6.45, 7) is 3.89. The quantitative estimate of drug-likeness (QED) is 0.874. The Morgan fingerprint density at radius 1 is 1.35 bits per heavy atom. The molecule has 1 aliphatic rings. The van der Waals surface area contributed by atoms with Crippen LogP contribution in [0.3, 0.4) is 0 Å². The first kappa shape index (κ1) is 13.5. The van der Waals surface area contributed by atoms with E-state index in [1.165, 1.54) is 0 Å². The largest absolute Gasteiger partial charge is 0.408 e. The van der Waals surface area contributed by atoms with Crippen LogP contribution in [0.5, 0.6) is 0 Å². The molecule has 0 saturated carbocycles. The zero-order chi connectivity index (χ0) is 13.8. The van der Waals surface area contributed by atoms with Crippen molar-refractivity contribution in [2.75, 3.05) is 18.5 Å². The second-order valence-electron chi connectivity index (χ2n) is 4.33. The third kappa shape index (κ3) is 3.14. The highest BCUT2D eigenvalue weighted by molar-refractivity contribution is 7.11. The van der Waals surface area contributed by atoms with Crippen molar-refractivity contribution in [3.05, 3.63) is 22.0 Å². The van der Waals surface area contributed by atoms with Gasteiger partial charge >= 0.3 is 6.01 Å². The average molecular weight is 296 g/mol. The number of ether oxygens (including phenoxy) is 2. The number of rotatable bonds is 6. The monoisotopic (exact) mass is 296 g/mol. The molecule has 108 valence electrons. The van der Waals surface area contributed by atoms with Gasteiger partial charge in [-0.2, -0.15) is 0 Å². The fraction of sp³-hybridized carbons (Fsp3) is 0.583. The smallest absolute Gasteiger partial charge is 0.315 e. The lowest BCUT2D eigenvalue weighted by Gasteiger charge is -2.03. The Hall–Kier alpha value is -1.51. The molecule has 8 heteroatoms. The van der Waals surface area contributed by atoms with Crippen molar-refractivity contribution in [3.63, 3.8) is 0 Å². The summed E-state index contributed by atoms with van der Waals surface area (Å²) in [6.07, 6.45) is 3.31. The molecule has 1 fully saturated rings. The van der Waals surface area contributed by atoms with E-state index in [0.717, 1.165) is 22.7 Å². The lowest BCUT2D eigenvalue weighted by molar-refractivity contribution is -0.0414. The van der Waals surface area contributed by atoms with Gasteiger partial charge in [0, 0.05) is 12.6 Å². The van der Waals surface area contributed by atoms with Crippen LogP contribution in [-0.2, 0) is 22.4 Å². The van der Waals surface area contributed by atoms with Crippen molar-refractivity contribution in [2.45, 2.75) is 32.6 Å². The SMILES string of the molecule is CCCc1nnc(NCc2ncc(C3OCCO3)s2)o1. The zero-order valence-corrected chi connectivity index (χ0v) is 12.0. The Bertz CT molecular complexity index is 550. The second-order valence-corrected chi connectivity index (χ2v) is 5.48. The number of aryl methyl sites for hydroxylation is 1. The highest BCUT2D eigenvalue weighted by Crippen LogP contribution is 2.28. The van der Waals surface area contributed by atoms with Crippen molar-refractivity contribution < 1.29 is 13.9 Å². The van der Waals surface area contributed by atoms with Gasteiger partial charge in [0.15, 0.2) is 6.29 Å². The van der Waals surface area contributed by atoms with Crippen LogP contribution in [0.4, 0.5) is 6.01 Å². The van der Waals surface area contributed by atoms with Crippen molar-refractivity contribution in [3.8, 4) is 0 Å². The maximum absolute atomic E-state index is 5.45. The van der Waals surface area contributed by atoms with Crippen molar-refractivity contribution in [1.82, 2.24) is 15.2 Å². The van der Waals surface area contributed by atoms with E-state index in [4.69, 9.17) is 13.9 Å². The van der Waals surface area contributed by atoms with E-state index in [1.807, 2.05) is 0 Å². The molecular weight excluding hydrogens is 280 g/mol. The normalized spacial score (nSPS) is 15.8. The summed E-state index contributed by atoms with van der Waals surface area (Å²) in [4.78, 5) is 5.31. The minimum Gasteiger partial charge on any atom is -0.408 e. The first-order valence-electron chi connectivity index (χ1n) is 6.59.